The first-order valence-corrected chi connectivity index (χ1v) is 9.54. The highest BCUT2D eigenvalue weighted by molar-refractivity contribution is 7.99. The van der Waals surface area contributed by atoms with E-state index in [1.165, 1.54) is 17.3 Å². The van der Waals surface area contributed by atoms with Crippen LogP contribution in [0.4, 0.5) is 5.69 Å². The van der Waals surface area contributed by atoms with Gasteiger partial charge in [0.2, 0.25) is 11.1 Å². The Morgan fingerprint density at radius 3 is 2.77 bits per heavy atom. The number of para-hydroxylation sites is 1. The Hall–Kier alpha value is -2.67. The molecule has 0 unspecified atom stereocenters. The summed E-state index contributed by atoms with van der Waals surface area (Å²) in [6.45, 7) is 2.68. The summed E-state index contributed by atoms with van der Waals surface area (Å²) in [5.74, 6) is 0.398. The van der Waals surface area contributed by atoms with Gasteiger partial charge >= 0.3 is 0 Å². The summed E-state index contributed by atoms with van der Waals surface area (Å²) >= 11 is 1.38. The maximum atomic E-state index is 12.8. The predicted octanol–water partition coefficient (Wildman–Crippen LogP) is 2.79. The minimum atomic E-state index is 0.0849. The van der Waals surface area contributed by atoms with Crippen LogP contribution in [0.15, 0.2) is 59.8 Å². The number of amides is 1. The highest BCUT2D eigenvalue weighted by Crippen LogP contribution is 2.32. The molecule has 1 atom stereocenters. The lowest BCUT2D eigenvalue weighted by atomic mass is 10.1. The molecule has 0 fully saturated rings. The third-order valence-electron chi connectivity index (χ3n) is 4.47. The molecule has 1 amide bonds. The van der Waals surface area contributed by atoms with Crippen LogP contribution in [0.1, 0.15) is 18.1 Å². The first kappa shape index (κ1) is 16.8. The molecule has 1 aromatic heterocycles. The molecule has 0 radical (unpaired) electrons. The van der Waals surface area contributed by atoms with Crippen molar-refractivity contribution in [2.45, 2.75) is 31.1 Å². The monoisotopic (exact) mass is 365 g/mol. The van der Waals surface area contributed by atoms with Gasteiger partial charge in [-0.25, -0.2) is 4.68 Å². The molecule has 0 aliphatic carbocycles. The number of tetrazole rings is 1. The van der Waals surface area contributed by atoms with Gasteiger partial charge in [-0.05, 0) is 41.0 Å². The van der Waals surface area contributed by atoms with Crippen LogP contribution in [-0.4, -0.2) is 37.9 Å². The van der Waals surface area contributed by atoms with Crippen LogP contribution in [0.5, 0.6) is 0 Å². The SMILES string of the molecule is C[C@@H]1Cc2ccccc2N1C(=O)CSc1nnnn1Cc1ccccc1. The summed E-state index contributed by atoms with van der Waals surface area (Å²) < 4.78 is 1.73. The molecule has 0 saturated carbocycles. The number of rotatable bonds is 5. The van der Waals surface area contributed by atoms with Gasteiger partial charge in [-0.3, -0.25) is 4.79 Å². The summed E-state index contributed by atoms with van der Waals surface area (Å²) in [5, 5.41) is 12.5. The minimum Gasteiger partial charge on any atom is -0.308 e. The molecule has 132 valence electrons. The van der Waals surface area contributed by atoms with Gasteiger partial charge in [0.25, 0.3) is 0 Å². The number of carbonyl (C=O) groups is 1. The summed E-state index contributed by atoms with van der Waals surface area (Å²) in [4.78, 5) is 14.7. The zero-order valence-corrected chi connectivity index (χ0v) is 15.3. The molecule has 0 bridgehead atoms. The van der Waals surface area contributed by atoms with Gasteiger partial charge < -0.3 is 4.90 Å². The van der Waals surface area contributed by atoms with Gasteiger partial charge in [-0.2, -0.15) is 0 Å². The van der Waals surface area contributed by atoms with Crippen molar-refractivity contribution < 1.29 is 4.79 Å². The molecular weight excluding hydrogens is 346 g/mol. The maximum Gasteiger partial charge on any atom is 0.237 e. The highest BCUT2D eigenvalue weighted by atomic mass is 32.2. The molecule has 4 rings (SSSR count). The fourth-order valence-electron chi connectivity index (χ4n) is 3.30. The number of anilines is 1. The smallest absolute Gasteiger partial charge is 0.237 e. The molecule has 1 aliphatic heterocycles. The zero-order chi connectivity index (χ0) is 17.9. The van der Waals surface area contributed by atoms with Gasteiger partial charge in [0.1, 0.15) is 0 Å². The van der Waals surface area contributed by atoms with E-state index in [1.54, 1.807) is 4.68 Å². The van der Waals surface area contributed by atoms with Crippen LogP contribution in [0, 0.1) is 0 Å². The number of fused-ring (bicyclic) bond motifs is 1. The van der Waals surface area contributed by atoms with Crippen molar-refractivity contribution in [1.29, 1.82) is 0 Å². The topological polar surface area (TPSA) is 63.9 Å². The van der Waals surface area contributed by atoms with Crippen LogP contribution in [0.25, 0.3) is 0 Å². The number of hydrogen-bond acceptors (Lipinski definition) is 5. The quantitative estimate of drug-likeness (QED) is 0.651. The predicted molar refractivity (Wildman–Crippen MR) is 101 cm³/mol. The summed E-state index contributed by atoms with van der Waals surface area (Å²) in [7, 11) is 0. The Balaban J connectivity index is 1.44. The fourth-order valence-corrected chi connectivity index (χ4v) is 4.03. The van der Waals surface area contributed by atoms with E-state index in [1.807, 2.05) is 53.4 Å². The Labute approximate surface area is 156 Å². The molecule has 3 aromatic rings. The van der Waals surface area contributed by atoms with Crippen molar-refractivity contribution in [2.24, 2.45) is 0 Å². The lowest BCUT2D eigenvalue weighted by Gasteiger charge is -2.22. The van der Waals surface area contributed by atoms with Crippen molar-refractivity contribution in [1.82, 2.24) is 20.2 Å². The fraction of sp³-hybridized carbons (Fsp3) is 0.263. The Morgan fingerprint density at radius 2 is 1.92 bits per heavy atom. The number of hydrogen-bond donors (Lipinski definition) is 0. The summed E-state index contributed by atoms with van der Waals surface area (Å²) in [5.41, 5.74) is 3.37. The van der Waals surface area contributed by atoms with Crippen molar-refractivity contribution in [3.8, 4) is 0 Å². The molecule has 2 aromatic carbocycles. The third-order valence-corrected chi connectivity index (χ3v) is 5.42. The average Bonchev–Trinajstić information content (AvgIpc) is 3.23. The number of thioether (sulfide) groups is 1. The lowest BCUT2D eigenvalue weighted by Crippen LogP contribution is -2.37. The second kappa shape index (κ2) is 7.29. The van der Waals surface area contributed by atoms with E-state index in [-0.39, 0.29) is 11.9 Å². The zero-order valence-electron chi connectivity index (χ0n) is 14.4. The third kappa shape index (κ3) is 3.35. The normalized spacial score (nSPS) is 15.9. The Morgan fingerprint density at radius 1 is 1.15 bits per heavy atom. The van der Waals surface area contributed by atoms with Gasteiger partial charge in [-0.15, -0.1) is 5.10 Å². The molecular formula is C19H19N5OS. The maximum absolute atomic E-state index is 12.8. The molecule has 2 heterocycles. The lowest BCUT2D eigenvalue weighted by molar-refractivity contribution is -0.116. The highest BCUT2D eigenvalue weighted by Gasteiger charge is 2.30. The second-order valence-electron chi connectivity index (χ2n) is 6.34. The summed E-state index contributed by atoms with van der Waals surface area (Å²) in [6, 6.07) is 18.3. The number of benzene rings is 2. The van der Waals surface area contributed by atoms with Crippen molar-refractivity contribution in [3.05, 3.63) is 65.7 Å². The van der Waals surface area contributed by atoms with Crippen LogP contribution in [-0.2, 0) is 17.8 Å². The van der Waals surface area contributed by atoms with Crippen molar-refractivity contribution in [2.75, 3.05) is 10.7 Å². The molecule has 0 spiro atoms. The van der Waals surface area contributed by atoms with Crippen LogP contribution < -0.4 is 4.90 Å². The van der Waals surface area contributed by atoms with Gasteiger partial charge in [0.05, 0.1) is 12.3 Å². The number of carbonyl (C=O) groups excluding carboxylic acids is 1. The number of aromatic nitrogens is 4. The van der Waals surface area contributed by atoms with E-state index in [0.29, 0.717) is 17.5 Å². The first-order valence-electron chi connectivity index (χ1n) is 8.55. The Bertz CT molecular complexity index is 911. The molecule has 1 aliphatic rings. The van der Waals surface area contributed by atoms with Crippen LogP contribution in [0.2, 0.25) is 0 Å². The molecule has 6 nitrogen and oxygen atoms in total. The largest absolute Gasteiger partial charge is 0.308 e. The standard InChI is InChI=1S/C19H19N5OS/c1-14-11-16-9-5-6-10-17(16)24(14)18(25)13-26-19-20-21-22-23(19)12-15-7-3-2-4-8-15/h2-10,14H,11-13H2,1H3/t14-/m1/s1. The molecule has 7 heteroatoms. The van der Waals surface area contributed by atoms with Crippen molar-refractivity contribution in [3.63, 3.8) is 0 Å². The van der Waals surface area contributed by atoms with Crippen molar-refractivity contribution >= 4 is 23.4 Å². The van der Waals surface area contributed by atoms with Crippen LogP contribution >= 0.6 is 11.8 Å². The van der Waals surface area contributed by atoms with Gasteiger partial charge in [0.15, 0.2) is 0 Å². The molecule has 0 N–H and O–H groups in total. The van der Waals surface area contributed by atoms with E-state index < -0.39 is 0 Å². The molecule has 0 saturated heterocycles. The molecule has 26 heavy (non-hydrogen) atoms. The first-order chi connectivity index (χ1) is 12.7. The van der Waals surface area contributed by atoms with E-state index in [0.717, 1.165) is 17.7 Å². The minimum absolute atomic E-state index is 0.0849. The van der Waals surface area contributed by atoms with E-state index in [9.17, 15) is 4.79 Å². The van der Waals surface area contributed by atoms with E-state index in [2.05, 4.69) is 28.5 Å². The van der Waals surface area contributed by atoms with E-state index in [4.69, 9.17) is 0 Å². The van der Waals surface area contributed by atoms with Gasteiger partial charge in [-0.1, -0.05) is 60.3 Å². The van der Waals surface area contributed by atoms with Gasteiger partial charge in [0, 0.05) is 11.7 Å². The Kier molecular flexibility index (Phi) is 4.71. The number of nitrogens with zero attached hydrogens (tertiary/aromatic N) is 5. The second-order valence-corrected chi connectivity index (χ2v) is 7.28. The average molecular weight is 365 g/mol. The van der Waals surface area contributed by atoms with E-state index >= 15 is 0 Å². The summed E-state index contributed by atoms with van der Waals surface area (Å²) in [6.07, 6.45) is 0.901. The van der Waals surface area contributed by atoms with Crippen LogP contribution in [0.3, 0.4) is 0 Å².